The second kappa shape index (κ2) is 8.50. The summed E-state index contributed by atoms with van der Waals surface area (Å²) in [4.78, 5) is 12.9. The number of nitrogens with zero attached hydrogens (tertiary/aromatic N) is 1. The SMILES string of the molecule is CC[C@H](C(=O)Nc1ccc(C)c(C)c1)N(c1cc(Cl)ccc1Cl)S(C)(=O)=O. The molecule has 1 amide bonds. The molecule has 0 radical (unpaired) electrons. The molecule has 27 heavy (non-hydrogen) atoms. The first-order valence-electron chi connectivity index (χ1n) is 8.37. The molecule has 0 aliphatic rings. The molecule has 1 N–H and O–H groups in total. The van der Waals surface area contributed by atoms with Crippen molar-refractivity contribution in [3.05, 3.63) is 57.6 Å². The van der Waals surface area contributed by atoms with E-state index in [-0.39, 0.29) is 17.1 Å². The zero-order chi connectivity index (χ0) is 20.4. The molecule has 0 aliphatic heterocycles. The van der Waals surface area contributed by atoms with Crippen LogP contribution in [-0.2, 0) is 14.8 Å². The maximum Gasteiger partial charge on any atom is 0.248 e. The Morgan fingerprint density at radius 2 is 1.78 bits per heavy atom. The van der Waals surface area contributed by atoms with Crippen molar-refractivity contribution in [3.8, 4) is 0 Å². The van der Waals surface area contributed by atoms with Gasteiger partial charge in [-0.05, 0) is 61.7 Å². The Kier molecular flexibility index (Phi) is 6.78. The summed E-state index contributed by atoms with van der Waals surface area (Å²) in [5.74, 6) is -0.442. The molecule has 8 heteroatoms. The average molecular weight is 429 g/mol. The van der Waals surface area contributed by atoms with Gasteiger partial charge in [0.2, 0.25) is 15.9 Å². The van der Waals surface area contributed by atoms with E-state index in [4.69, 9.17) is 23.2 Å². The van der Waals surface area contributed by atoms with Crippen LogP contribution in [0, 0.1) is 13.8 Å². The third-order valence-corrected chi connectivity index (χ3v) is 5.97. The van der Waals surface area contributed by atoms with Gasteiger partial charge in [-0.25, -0.2) is 8.42 Å². The van der Waals surface area contributed by atoms with Gasteiger partial charge in [-0.3, -0.25) is 9.10 Å². The maximum absolute atomic E-state index is 12.9. The number of rotatable bonds is 6. The lowest BCUT2D eigenvalue weighted by Gasteiger charge is -2.30. The standard InChI is InChI=1S/C19H22Cl2N2O3S/c1-5-17(19(24)22-15-8-6-12(2)13(3)10-15)23(27(4,25)26)18-11-14(20)7-9-16(18)21/h6-11,17H,5H2,1-4H3,(H,22,24)/t17-/m1/s1. The molecule has 2 aromatic rings. The molecule has 0 unspecified atom stereocenters. The first-order chi connectivity index (χ1) is 12.5. The normalized spacial score (nSPS) is 12.5. The van der Waals surface area contributed by atoms with Gasteiger partial charge in [0.15, 0.2) is 0 Å². The van der Waals surface area contributed by atoms with Gasteiger partial charge in [0.25, 0.3) is 0 Å². The lowest BCUT2D eigenvalue weighted by Crippen LogP contribution is -2.47. The van der Waals surface area contributed by atoms with Crippen LogP contribution in [0.2, 0.25) is 10.0 Å². The van der Waals surface area contributed by atoms with Crippen LogP contribution in [0.5, 0.6) is 0 Å². The lowest BCUT2D eigenvalue weighted by molar-refractivity contribution is -0.117. The van der Waals surface area contributed by atoms with E-state index in [1.807, 2.05) is 26.0 Å². The molecule has 146 valence electrons. The Bertz CT molecular complexity index is 961. The molecule has 0 fully saturated rings. The Labute approximate surface area is 170 Å². The van der Waals surface area contributed by atoms with Gasteiger partial charge in [-0.1, -0.05) is 36.2 Å². The number of hydrogen-bond donors (Lipinski definition) is 1. The zero-order valence-corrected chi connectivity index (χ0v) is 17.9. The number of carbonyl (C=O) groups is 1. The van der Waals surface area contributed by atoms with E-state index in [9.17, 15) is 13.2 Å². The van der Waals surface area contributed by atoms with Crippen LogP contribution in [0.3, 0.4) is 0 Å². The highest BCUT2D eigenvalue weighted by atomic mass is 35.5. The van der Waals surface area contributed by atoms with E-state index in [0.717, 1.165) is 21.7 Å². The van der Waals surface area contributed by atoms with Crippen LogP contribution in [0.15, 0.2) is 36.4 Å². The monoisotopic (exact) mass is 428 g/mol. The van der Waals surface area contributed by atoms with Crippen molar-refractivity contribution < 1.29 is 13.2 Å². The minimum absolute atomic E-state index is 0.175. The van der Waals surface area contributed by atoms with E-state index in [2.05, 4.69) is 5.32 Å². The van der Waals surface area contributed by atoms with E-state index in [1.54, 1.807) is 19.1 Å². The molecule has 2 rings (SSSR count). The Hall–Kier alpha value is -1.76. The smallest absolute Gasteiger partial charge is 0.248 e. The molecule has 2 aromatic carbocycles. The molecule has 0 bridgehead atoms. The second-order valence-electron chi connectivity index (χ2n) is 6.37. The number of anilines is 2. The highest BCUT2D eigenvalue weighted by Gasteiger charge is 2.33. The summed E-state index contributed by atoms with van der Waals surface area (Å²) in [6.07, 6.45) is 1.29. The molecular formula is C19H22Cl2N2O3S. The van der Waals surface area contributed by atoms with Crippen molar-refractivity contribution in [3.63, 3.8) is 0 Å². The second-order valence-corrected chi connectivity index (χ2v) is 9.07. The van der Waals surface area contributed by atoms with Crippen molar-refractivity contribution in [1.29, 1.82) is 0 Å². The van der Waals surface area contributed by atoms with E-state index >= 15 is 0 Å². The fraction of sp³-hybridized carbons (Fsp3) is 0.316. The first-order valence-corrected chi connectivity index (χ1v) is 11.0. The molecule has 0 spiro atoms. The first kappa shape index (κ1) is 21.5. The number of hydrogen-bond acceptors (Lipinski definition) is 3. The van der Waals surface area contributed by atoms with Gasteiger partial charge in [-0.2, -0.15) is 0 Å². The predicted octanol–water partition coefficient (Wildman–Crippen LogP) is 4.79. The van der Waals surface area contributed by atoms with Crippen LogP contribution in [0.4, 0.5) is 11.4 Å². The lowest BCUT2D eigenvalue weighted by atomic mass is 10.1. The van der Waals surface area contributed by atoms with Gasteiger partial charge < -0.3 is 5.32 Å². The maximum atomic E-state index is 12.9. The molecule has 0 saturated carbocycles. The summed E-state index contributed by atoms with van der Waals surface area (Å²) in [5, 5.41) is 3.32. The quantitative estimate of drug-likeness (QED) is 0.718. The molecule has 0 aliphatic carbocycles. The number of carbonyl (C=O) groups excluding carboxylic acids is 1. The Morgan fingerprint density at radius 1 is 1.11 bits per heavy atom. The molecule has 1 atom stereocenters. The van der Waals surface area contributed by atoms with Crippen LogP contribution < -0.4 is 9.62 Å². The van der Waals surface area contributed by atoms with Crippen molar-refractivity contribution in [1.82, 2.24) is 0 Å². The van der Waals surface area contributed by atoms with Crippen molar-refractivity contribution in [2.24, 2.45) is 0 Å². The van der Waals surface area contributed by atoms with E-state index in [0.29, 0.717) is 10.7 Å². The molecule has 0 saturated heterocycles. The van der Waals surface area contributed by atoms with Gasteiger partial charge in [0.1, 0.15) is 6.04 Å². The zero-order valence-electron chi connectivity index (χ0n) is 15.6. The number of benzene rings is 2. The largest absolute Gasteiger partial charge is 0.324 e. The number of sulfonamides is 1. The van der Waals surface area contributed by atoms with Crippen LogP contribution in [-0.4, -0.2) is 26.6 Å². The number of aryl methyl sites for hydroxylation is 2. The predicted molar refractivity (Wildman–Crippen MR) is 112 cm³/mol. The average Bonchev–Trinajstić information content (AvgIpc) is 2.57. The molecule has 0 aromatic heterocycles. The Morgan fingerprint density at radius 3 is 2.33 bits per heavy atom. The van der Waals surface area contributed by atoms with Crippen LogP contribution in [0.1, 0.15) is 24.5 Å². The number of nitrogens with one attached hydrogen (secondary N) is 1. The minimum Gasteiger partial charge on any atom is -0.324 e. The fourth-order valence-corrected chi connectivity index (χ4v) is 4.38. The highest BCUT2D eigenvalue weighted by molar-refractivity contribution is 7.92. The Balaban J connectivity index is 2.44. The summed E-state index contributed by atoms with van der Waals surface area (Å²) in [6, 6.07) is 9.05. The summed E-state index contributed by atoms with van der Waals surface area (Å²) in [7, 11) is -3.79. The van der Waals surface area contributed by atoms with Crippen molar-refractivity contribution in [2.75, 3.05) is 15.9 Å². The third-order valence-electron chi connectivity index (χ3n) is 4.25. The van der Waals surface area contributed by atoms with E-state index in [1.165, 1.54) is 12.1 Å². The van der Waals surface area contributed by atoms with Gasteiger partial charge >= 0.3 is 0 Å². The topological polar surface area (TPSA) is 66.5 Å². The van der Waals surface area contributed by atoms with Crippen molar-refractivity contribution in [2.45, 2.75) is 33.2 Å². The number of amides is 1. The summed E-state index contributed by atoms with van der Waals surface area (Å²) < 4.78 is 26.0. The summed E-state index contributed by atoms with van der Waals surface area (Å²) in [6.45, 7) is 5.65. The van der Waals surface area contributed by atoms with Crippen LogP contribution >= 0.6 is 23.2 Å². The summed E-state index contributed by atoms with van der Waals surface area (Å²) >= 11 is 12.2. The van der Waals surface area contributed by atoms with Crippen molar-refractivity contribution >= 4 is 50.5 Å². The fourth-order valence-electron chi connectivity index (χ4n) is 2.73. The van der Waals surface area contributed by atoms with Gasteiger partial charge in [-0.15, -0.1) is 0 Å². The summed E-state index contributed by atoms with van der Waals surface area (Å²) in [5.41, 5.74) is 2.91. The highest BCUT2D eigenvalue weighted by Crippen LogP contribution is 2.33. The third kappa shape index (κ3) is 5.15. The van der Waals surface area contributed by atoms with Crippen LogP contribution in [0.25, 0.3) is 0 Å². The molecule has 5 nitrogen and oxygen atoms in total. The molecule has 0 heterocycles. The van der Waals surface area contributed by atoms with E-state index < -0.39 is 22.0 Å². The molecular weight excluding hydrogens is 407 g/mol. The number of halogens is 2. The van der Waals surface area contributed by atoms with Gasteiger partial charge in [0, 0.05) is 10.7 Å². The van der Waals surface area contributed by atoms with Gasteiger partial charge in [0.05, 0.1) is 17.0 Å². The minimum atomic E-state index is -3.79.